The smallest absolute Gasteiger partial charge is 0.234 e. The number of amides is 1. The molecule has 33 heavy (non-hydrogen) atoms. The summed E-state index contributed by atoms with van der Waals surface area (Å²) >= 11 is 1.42. The van der Waals surface area contributed by atoms with E-state index in [4.69, 9.17) is 19.5 Å². The van der Waals surface area contributed by atoms with E-state index in [9.17, 15) is 4.79 Å². The van der Waals surface area contributed by atoms with E-state index in [1.807, 2.05) is 79.7 Å². The van der Waals surface area contributed by atoms with Crippen molar-refractivity contribution in [3.8, 4) is 11.5 Å². The second-order valence-corrected chi connectivity index (χ2v) is 8.27. The van der Waals surface area contributed by atoms with E-state index in [1.54, 1.807) is 7.11 Å². The van der Waals surface area contributed by atoms with Gasteiger partial charge < -0.3 is 14.8 Å². The van der Waals surface area contributed by atoms with Crippen LogP contribution in [0.4, 0.5) is 17.1 Å². The van der Waals surface area contributed by atoms with Crippen molar-refractivity contribution in [2.45, 2.75) is 13.3 Å². The first kappa shape index (κ1) is 22.6. The number of nitrogens with one attached hydrogen (secondary N) is 1. The van der Waals surface area contributed by atoms with Gasteiger partial charge in [0.05, 0.1) is 47.3 Å². The van der Waals surface area contributed by atoms with Gasteiger partial charge in [0.2, 0.25) is 5.91 Å². The molecule has 3 aromatic rings. The van der Waals surface area contributed by atoms with Gasteiger partial charge in [-0.3, -0.25) is 9.79 Å². The Hall–Kier alpha value is -3.58. The molecule has 1 heterocycles. The van der Waals surface area contributed by atoms with Crippen LogP contribution in [-0.4, -0.2) is 36.1 Å². The fourth-order valence-electron chi connectivity index (χ4n) is 3.38. The average molecular weight is 460 g/mol. The molecule has 1 aliphatic rings. The summed E-state index contributed by atoms with van der Waals surface area (Å²) in [4.78, 5) is 22.4. The summed E-state index contributed by atoms with van der Waals surface area (Å²) in [6.07, 6.45) is 0.536. The number of anilines is 1. The zero-order valence-corrected chi connectivity index (χ0v) is 19.4. The predicted molar refractivity (Wildman–Crippen MR) is 136 cm³/mol. The van der Waals surface area contributed by atoms with Crippen LogP contribution in [0.5, 0.6) is 11.5 Å². The number of fused-ring (bicyclic) bond motifs is 1. The second-order valence-electron chi connectivity index (χ2n) is 7.22. The van der Waals surface area contributed by atoms with Crippen molar-refractivity contribution in [3.05, 3.63) is 78.4 Å². The lowest BCUT2D eigenvalue weighted by Crippen LogP contribution is -2.17. The van der Waals surface area contributed by atoms with Crippen molar-refractivity contribution in [1.82, 2.24) is 0 Å². The molecule has 0 unspecified atom stereocenters. The molecule has 0 aromatic heterocycles. The highest BCUT2D eigenvalue weighted by atomic mass is 32.2. The molecular formula is C26H25N3O3S. The van der Waals surface area contributed by atoms with Gasteiger partial charge in [-0.2, -0.15) is 0 Å². The molecule has 0 fully saturated rings. The average Bonchev–Trinajstić information content (AvgIpc) is 3.03. The number of nitrogens with zero attached hydrogens (tertiary/aromatic N) is 2. The molecule has 1 N–H and O–H groups in total. The summed E-state index contributed by atoms with van der Waals surface area (Å²) in [5.41, 5.74) is 4.17. The maximum Gasteiger partial charge on any atom is 0.234 e. The van der Waals surface area contributed by atoms with Crippen molar-refractivity contribution in [1.29, 1.82) is 0 Å². The number of hydrogen-bond donors (Lipinski definition) is 1. The van der Waals surface area contributed by atoms with Crippen LogP contribution >= 0.6 is 11.8 Å². The minimum Gasteiger partial charge on any atom is -0.497 e. The monoisotopic (exact) mass is 459 g/mol. The normalized spacial score (nSPS) is 12.7. The third-order valence-electron chi connectivity index (χ3n) is 4.96. The highest BCUT2D eigenvalue weighted by Crippen LogP contribution is 2.33. The van der Waals surface area contributed by atoms with Crippen molar-refractivity contribution in [2.24, 2.45) is 9.98 Å². The van der Waals surface area contributed by atoms with Crippen LogP contribution in [0.15, 0.2) is 82.8 Å². The van der Waals surface area contributed by atoms with E-state index in [-0.39, 0.29) is 11.7 Å². The number of para-hydroxylation sites is 4. The molecule has 0 saturated carbocycles. The maximum absolute atomic E-state index is 12.7. The Bertz CT molecular complexity index is 1190. The topological polar surface area (TPSA) is 72.3 Å². The summed E-state index contributed by atoms with van der Waals surface area (Å²) in [6.45, 7) is 2.45. The van der Waals surface area contributed by atoms with E-state index in [0.717, 1.165) is 33.4 Å². The van der Waals surface area contributed by atoms with Gasteiger partial charge in [0.15, 0.2) is 0 Å². The van der Waals surface area contributed by atoms with E-state index in [2.05, 4.69) is 5.32 Å². The van der Waals surface area contributed by atoms with Gasteiger partial charge in [-0.1, -0.05) is 24.3 Å². The van der Waals surface area contributed by atoms with Crippen LogP contribution in [-0.2, 0) is 4.79 Å². The highest BCUT2D eigenvalue weighted by molar-refractivity contribution is 8.14. The number of benzene rings is 3. The number of carbonyl (C=O) groups is 1. The summed E-state index contributed by atoms with van der Waals surface area (Å²) in [7, 11) is 1.65. The first-order chi connectivity index (χ1) is 16.2. The van der Waals surface area contributed by atoms with Gasteiger partial charge in [-0.15, -0.1) is 11.8 Å². The van der Waals surface area contributed by atoms with Crippen LogP contribution in [0.1, 0.15) is 18.9 Å². The van der Waals surface area contributed by atoms with Crippen molar-refractivity contribution >= 4 is 45.5 Å². The van der Waals surface area contributed by atoms with Crippen LogP contribution in [0.3, 0.4) is 0 Å². The van der Waals surface area contributed by atoms with Gasteiger partial charge in [0.1, 0.15) is 11.5 Å². The highest BCUT2D eigenvalue weighted by Gasteiger charge is 2.17. The largest absolute Gasteiger partial charge is 0.497 e. The number of rotatable bonds is 7. The maximum atomic E-state index is 12.7. The minimum absolute atomic E-state index is 0.115. The molecule has 0 spiro atoms. The molecule has 0 aliphatic carbocycles. The van der Waals surface area contributed by atoms with E-state index >= 15 is 0 Å². The minimum atomic E-state index is -0.115. The van der Waals surface area contributed by atoms with E-state index in [1.165, 1.54) is 11.8 Å². The lowest BCUT2D eigenvalue weighted by atomic mass is 10.1. The lowest BCUT2D eigenvalue weighted by Gasteiger charge is -2.11. The quantitative estimate of drug-likeness (QED) is 0.469. The Morgan fingerprint density at radius 1 is 0.970 bits per heavy atom. The summed E-state index contributed by atoms with van der Waals surface area (Å²) in [5.74, 6) is 1.57. The lowest BCUT2D eigenvalue weighted by molar-refractivity contribution is -0.113. The zero-order chi connectivity index (χ0) is 23.0. The molecular weight excluding hydrogens is 434 g/mol. The molecule has 4 rings (SSSR count). The number of thioether (sulfide) groups is 1. The Morgan fingerprint density at radius 3 is 2.39 bits per heavy atom. The third-order valence-corrected chi connectivity index (χ3v) is 5.93. The molecule has 0 radical (unpaired) electrons. The summed E-state index contributed by atoms with van der Waals surface area (Å²) in [6, 6.07) is 23.0. The molecule has 3 aromatic carbocycles. The number of aliphatic imine (C=N–C) groups is 2. The molecule has 0 saturated heterocycles. The van der Waals surface area contributed by atoms with Gasteiger partial charge in [-0.25, -0.2) is 4.99 Å². The summed E-state index contributed by atoms with van der Waals surface area (Å²) in [5, 5.41) is 3.78. The molecule has 6 nitrogen and oxygen atoms in total. The van der Waals surface area contributed by atoms with Crippen LogP contribution in [0, 0.1) is 0 Å². The fraction of sp³-hybridized carbons (Fsp3) is 0.192. The number of ether oxygens (including phenoxy) is 2. The van der Waals surface area contributed by atoms with Crippen molar-refractivity contribution in [2.75, 3.05) is 24.8 Å². The van der Waals surface area contributed by atoms with Crippen molar-refractivity contribution in [3.63, 3.8) is 0 Å². The molecule has 0 bridgehead atoms. The zero-order valence-electron chi connectivity index (χ0n) is 18.6. The van der Waals surface area contributed by atoms with Crippen molar-refractivity contribution < 1.29 is 14.3 Å². The van der Waals surface area contributed by atoms with Crippen LogP contribution in [0.25, 0.3) is 0 Å². The standard InChI is InChI=1S/C26H25N3O3S/c1-3-32-24-11-7-6-10-22(24)28-25(30)17-33-26-16-23(18-12-14-19(31-2)15-13-18)27-20-8-4-5-9-21(20)29-26/h4-15H,3,16-17H2,1-2H3,(H,28,30). The SMILES string of the molecule is CCOc1ccccc1NC(=O)CSC1=Nc2ccccc2N=C(c2ccc(OC)cc2)C1. The van der Waals surface area contributed by atoms with Crippen LogP contribution in [0.2, 0.25) is 0 Å². The molecule has 0 atom stereocenters. The number of methoxy groups -OCH3 is 1. The molecule has 168 valence electrons. The van der Waals surface area contributed by atoms with Crippen LogP contribution < -0.4 is 14.8 Å². The first-order valence-corrected chi connectivity index (χ1v) is 11.7. The Labute approximate surface area is 197 Å². The van der Waals surface area contributed by atoms with Gasteiger partial charge in [-0.05, 0) is 61.0 Å². The predicted octanol–water partition coefficient (Wildman–Crippen LogP) is 6.02. The Morgan fingerprint density at radius 2 is 1.67 bits per heavy atom. The summed E-state index contributed by atoms with van der Waals surface area (Å²) < 4.78 is 10.9. The van der Waals surface area contributed by atoms with Gasteiger partial charge in [0, 0.05) is 6.42 Å². The number of hydrogen-bond acceptors (Lipinski definition) is 6. The van der Waals surface area contributed by atoms with Gasteiger partial charge >= 0.3 is 0 Å². The van der Waals surface area contributed by atoms with E-state index < -0.39 is 0 Å². The molecule has 1 aliphatic heterocycles. The molecule has 1 amide bonds. The van der Waals surface area contributed by atoms with E-state index in [0.29, 0.717) is 24.5 Å². The Balaban J connectivity index is 1.51. The second kappa shape index (κ2) is 10.8. The van der Waals surface area contributed by atoms with Gasteiger partial charge in [0.25, 0.3) is 0 Å². The fourth-order valence-corrected chi connectivity index (χ4v) is 4.15. The Kier molecular flexibility index (Phi) is 7.42. The first-order valence-electron chi connectivity index (χ1n) is 10.7. The molecule has 7 heteroatoms. The number of carbonyl (C=O) groups excluding carboxylic acids is 1. The third kappa shape index (κ3) is 5.81.